The molecule has 0 radical (unpaired) electrons. The van der Waals surface area contributed by atoms with E-state index in [4.69, 9.17) is 0 Å². The summed E-state index contributed by atoms with van der Waals surface area (Å²) in [6.07, 6.45) is 10.5. The Labute approximate surface area is 125 Å². The molecule has 1 aromatic rings. The first kappa shape index (κ1) is 16.9. The van der Waals surface area contributed by atoms with Gasteiger partial charge >= 0.3 is 0 Å². The second-order valence-corrected chi connectivity index (χ2v) is 5.56. The van der Waals surface area contributed by atoms with E-state index in [9.17, 15) is 0 Å². The Hall–Kier alpha value is -1.18. The summed E-state index contributed by atoms with van der Waals surface area (Å²) < 4.78 is 0. The Morgan fingerprint density at radius 3 is 1.65 bits per heavy atom. The zero-order valence-corrected chi connectivity index (χ0v) is 13.4. The van der Waals surface area contributed by atoms with Crippen LogP contribution in [0.5, 0.6) is 0 Å². The van der Waals surface area contributed by atoms with Crippen LogP contribution in [-0.4, -0.2) is 13.1 Å². The van der Waals surface area contributed by atoms with Gasteiger partial charge in [-0.1, -0.05) is 58.4 Å². The van der Waals surface area contributed by atoms with E-state index < -0.39 is 0 Å². The van der Waals surface area contributed by atoms with Gasteiger partial charge in [0.05, 0.1) is 0 Å². The lowest BCUT2D eigenvalue weighted by atomic mass is 10.2. The summed E-state index contributed by atoms with van der Waals surface area (Å²) in [5, 5.41) is 7.03. The molecule has 20 heavy (non-hydrogen) atoms. The van der Waals surface area contributed by atoms with Gasteiger partial charge in [-0.2, -0.15) is 0 Å². The van der Waals surface area contributed by atoms with Gasteiger partial charge in [-0.3, -0.25) is 0 Å². The van der Waals surface area contributed by atoms with E-state index in [-0.39, 0.29) is 0 Å². The quantitative estimate of drug-likeness (QED) is 0.480. The molecule has 1 aromatic carbocycles. The highest BCUT2D eigenvalue weighted by molar-refractivity contribution is 5.56. The molecule has 2 N–H and O–H groups in total. The molecule has 114 valence electrons. The fourth-order valence-electron chi connectivity index (χ4n) is 2.31. The lowest BCUT2D eigenvalue weighted by Crippen LogP contribution is -2.04. The van der Waals surface area contributed by atoms with Gasteiger partial charge < -0.3 is 10.6 Å². The maximum Gasteiger partial charge on any atom is 0.0360 e. The maximum absolute atomic E-state index is 3.51. The summed E-state index contributed by atoms with van der Waals surface area (Å²) in [6.45, 7) is 6.67. The summed E-state index contributed by atoms with van der Waals surface area (Å²) in [5.74, 6) is 0. The number of hydrogen-bond donors (Lipinski definition) is 2. The number of unbranched alkanes of at least 4 members (excludes halogenated alkanes) is 6. The second-order valence-electron chi connectivity index (χ2n) is 5.56. The third-order valence-electron chi connectivity index (χ3n) is 3.58. The van der Waals surface area contributed by atoms with Gasteiger partial charge in [0.15, 0.2) is 0 Å². The third-order valence-corrected chi connectivity index (χ3v) is 3.58. The Balaban J connectivity index is 2.19. The van der Waals surface area contributed by atoms with Crippen molar-refractivity contribution in [3.8, 4) is 0 Å². The SMILES string of the molecule is CCCCCCNc1cccc(NCCCCCC)c1. The zero-order valence-electron chi connectivity index (χ0n) is 13.4. The molecular formula is C18H32N2. The molecule has 0 fully saturated rings. The van der Waals surface area contributed by atoms with E-state index in [2.05, 4.69) is 48.7 Å². The number of hydrogen-bond acceptors (Lipinski definition) is 2. The molecule has 0 amide bonds. The monoisotopic (exact) mass is 276 g/mol. The first-order valence-corrected chi connectivity index (χ1v) is 8.44. The predicted molar refractivity (Wildman–Crippen MR) is 91.7 cm³/mol. The van der Waals surface area contributed by atoms with Crippen molar-refractivity contribution in [2.75, 3.05) is 23.7 Å². The van der Waals surface area contributed by atoms with Crippen LogP contribution in [-0.2, 0) is 0 Å². The van der Waals surface area contributed by atoms with Gasteiger partial charge in [-0.05, 0) is 31.0 Å². The van der Waals surface area contributed by atoms with Crippen LogP contribution < -0.4 is 10.6 Å². The Morgan fingerprint density at radius 2 is 1.20 bits per heavy atom. The molecule has 0 saturated heterocycles. The second kappa shape index (κ2) is 11.6. The Bertz CT molecular complexity index is 307. The molecule has 0 bridgehead atoms. The molecule has 0 unspecified atom stereocenters. The van der Waals surface area contributed by atoms with E-state index >= 15 is 0 Å². The minimum absolute atomic E-state index is 1.08. The molecule has 0 saturated carbocycles. The minimum Gasteiger partial charge on any atom is -0.385 e. The highest BCUT2D eigenvalue weighted by atomic mass is 14.9. The molecule has 2 nitrogen and oxygen atoms in total. The molecule has 0 aromatic heterocycles. The zero-order chi connectivity index (χ0) is 14.5. The van der Waals surface area contributed by atoms with Gasteiger partial charge in [-0.25, -0.2) is 0 Å². The van der Waals surface area contributed by atoms with E-state index in [0.29, 0.717) is 0 Å². The van der Waals surface area contributed by atoms with Crippen LogP contribution in [0.4, 0.5) is 11.4 Å². The van der Waals surface area contributed by atoms with Crippen molar-refractivity contribution in [2.45, 2.75) is 65.2 Å². The van der Waals surface area contributed by atoms with Gasteiger partial charge in [-0.15, -0.1) is 0 Å². The van der Waals surface area contributed by atoms with Gasteiger partial charge in [0.25, 0.3) is 0 Å². The topological polar surface area (TPSA) is 24.1 Å². The molecule has 1 rings (SSSR count). The molecule has 0 heterocycles. The standard InChI is InChI=1S/C18H32N2/c1-3-5-7-9-14-19-17-12-11-13-18(16-17)20-15-10-8-6-4-2/h11-13,16,19-20H,3-10,14-15H2,1-2H3. The predicted octanol–water partition coefficient (Wildman–Crippen LogP) is 5.67. The van der Waals surface area contributed by atoms with Crippen LogP contribution in [0.25, 0.3) is 0 Å². The van der Waals surface area contributed by atoms with E-state index in [1.165, 1.54) is 62.7 Å². The van der Waals surface area contributed by atoms with Gasteiger partial charge in [0, 0.05) is 24.5 Å². The summed E-state index contributed by atoms with van der Waals surface area (Å²) in [6, 6.07) is 8.66. The molecule has 0 aliphatic carbocycles. The highest BCUT2D eigenvalue weighted by Gasteiger charge is 1.96. The van der Waals surface area contributed by atoms with Crippen LogP contribution in [0.15, 0.2) is 24.3 Å². The summed E-state index contributed by atoms with van der Waals surface area (Å²) in [5.41, 5.74) is 2.47. The highest BCUT2D eigenvalue weighted by Crippen LogP contribution is 2.15. The fourth-order valence-corrected chi connectivity index (χ4v) is 2.31. The molecule has 0 aliphatic rings. The molecule has 0 atom stereocenters. The minimum atomic E-state index is 1.08. The lowest BCUT2D eigenvalue weighted by molar-refractivity contribution is 0.684. The van der Waals surface area contributed by atoms with E-state index in [1.807, 2.05) is 0 Å². The molecule has 0 aliphatic heterocycles. The summed E-state index contributed by atoms with van der Waals surface area (Å²) in [4.78, 5) is 0. The average molecular weight is 276 g/mol. The Kier molecular flexibility index (Phi) is 9.81. The molecule has 0 spiro atoms. The lowest BCUT2D eigenvalue weighted by Gasteiger charge is -2.10. The fraction of sp³-hybridized carbons (Fsp3) is 0.667. The third kappa shape index (κ3) is 8.08. The van der Waals surface area contributed by atoms with E-state index in [1.54, 1.807) is 0 Å². The largest absolute Gasteiger partial charge is 0.385 e. The summed E-state index contributed by atoms with van der Waals surface area (Å²) >= 11 is 0. The van der Waals surface area contributed by atoms with Crippen molar-refractivity contribution in [3.05, 3.63) is 24.3 Å². The van der Waals surface area contributed by atoms with Crippen LogP contribution in [0.3, 0.4) is 0 Å². The van der Waals surface area contributed by atoms with Crippen molar-refractivity contribution in [1.82, 2.24) is 0 Å². The van der Waals surface area contributed by atoms with E-state index in [0.717, 1.165) is 13.1 Å². The number of nitrogens with one attached hydrogen (secondary N) is 2. The van der Waals surface area contributed by atoms with Crippen LogP contribution in [0, 0.1) is 0 Å². The van der Waals surface area contributed by atoms with Crippen LogP contribution in [0.1, 0.15) is 65.2 Å². The first-order chi connectivity index (χ1) is 9.86. The number of rotatable bonds is 12. The number of anilines is 2. The maximum atomic E-state index is 3.51. The van der Waals surface area contributed by atoms with Gasteiger partial charge in [0.1, 0.15) is 0 Å². The number of benzene rings is 1. The van der Waals surface area contributed by atoms with Gasteiger partial charge in [0.2, 0.25) is 0 Å². The summed E-state index contributed by atoms with van der Waals surface area (Å²) in [7, 11) is 0. The molecular weight excluding hydrogens is 244 g/mol. The van der Waals surface area contributed by atoms with Crippen LogP contribution in [0.2, 0.25) is 0 Å². The van der Waals surface area contributed by atoms with Crippen molar-refractivity contribution in [3.63, 3.8) is 0 Å². The van der Waals surface area contributed by atoms with Crippen molar-refractivity contribution < 1.29 is 0 Å². The smallest absolute Gasteiger partial charge is 0.0360 e. The van der Waals surface area contributed by atoms with Crippen LogP contribution >= 0.6 is 0 Å². The average Bonchev–Trinajstić information content (AvgIpc) is 2.47. The van der Waals surface area contributed by atoms with Crippen molar-refractivity contribution in [1.29, 1.82) is 0 Å². The Morgan fingerprint density at radius 1 is 0.700 bits per heavy atom. The first-order valence-electron chi connectivity index (χ1n) is 8.44. The molecule has 2 heteroatoms. The normalized spacial score (nSPS) is 10.5. The van der Waals surface area contributed by atoms with Crippen molar-refractivity contribution >= 4 is 11.4 Å². The van der Waals surface area contributed by atoms with Crippen molar-refractivity contribution in [2.24, 2.45) is 0 Å².